The van der Waals surface area contributed by atoms with Crippen LogP contribution in [-0.2, 0) is 4.79 Å². The van der Waals surface area contributed by atoms with Gasteiger partial charge in [-0.25, -0.2) is 5.43 Å². The Bertz CT molecular complexity index is 899. The average Bonchev–Trinajstić information content (AvgIpc) is 3.23. The molecule has 2 N–H and O–H groups in total. The van der Waals surface area contributed by atoms with Crippen LogP contribution in [0.2, 0.25) is 5.02 Å². The number of nitrogens with zero attached hydrogens (tertiary/aromatic N) is 3. The summed E-state index contributed by atoms with van der Waals surface area (Å²) in [7, 11) is 0. The van der Waals surface area contributed by atoms with Crippen molar-refractivity contribution in [3.8, 4) is 0 Å². The molecule has 0 aliphatic carbocycles. The number of carbonyl (C=O) groups is 1. The first-order chi connectivity index (χ1) is 14.0. The van der Waals surface area contributed by atoms with Crippen molar-refractivity contribution < 1.29 is 9.72 Å². The van der Waals surface area contributed by atoms with Crippen LogP contribution in [-0.4, -0.2) is 48.5 Å². The summed E-state index contributed by atoms with van der Waals surface area (Å²) in [6.45, 7) is 3.32. The number of anilines is 1. The van der Waals surface area contributed by atoms with Crippen molar-refractivity contribution in [3.63, 3.8) is 0 Å². The third-order valence-electron chi connectivity index (χ3n) is 5.53. The monoisotopic (exact) mass is 415 g/mol. The van der Waals surface area contributed by atoms with E-state index in [0.717, 1.165) is 24.3 Å². The first-order valence-corrected chi connectivity index (χ1v) is 9.93. The SMILES string of the molecule is O=C(C1CNNC1c1ccc([N+](=O)[O-])cc1)N1CCN(c2cccc(Cl)c2)CC1. The first-order valence-electron chi connectivity index (χ1n) is 9.55. The number of rotatable bonds is 4. The maximum Gasteiger partial charge on any atom is 0.269 e. The molecule has 2 aromatic rings. The summed E-state index contributed by atoms with van der Waals surface area (Å²) in [5, 5.41) is 11.6. The summed E-state index contributed by atoms with van der Waals surface area (Å²) in [5.41, 5.74) is 8.17. The highest BCUT2D eigenvalue weighted by atomic mass is 35.5. The van der Waals surface area contributed by atoms with Gasteiger partial charge in [-0.15, -0.1) is 0 Å². The minimum absolute atomic E-state index is 0.0414. The standard InChI is InChI=1S/C20H22ClN5O3/c21-15-2-1-3-17(12-15)24-8-10-25(11-9-24)20(27)18-13-22-23-19(18)14-4-6-16(7-5-14)26(28)29/h1-7,12,18-19,22-23H,8-11,13H2. The molecule has 0 spiro atoms. The predicted molar refractivity (Wildman–Crippen MR) is 111 cm³/mol. The second kappa shape index (κ2) is 8.36. The van der Waals surface area contributed by atoms with E-state index in [0.29, 0.717) is 24.7 Å². The second-order valence-corrected chi connectivity index (χ2v) is 7.69. The van der Waals surface area contributed by atoms with Crippen LogP contribution in [0.15, 0.2) is 48.5 Å². The molecule has 2 aliphatic heterocycles. The molecule has 9 heteroatoms. The molecule has 0 aromatic heterocycles. The van der Waals surface area contributed by atoms with E-state index in [1.165, 1.54) is 12.1 Å². The van der Waals surface area contributed by atoms with Crippen molar-refractivity contribution in [1.82, 2.24) is 15.8 Å². The lowest BCUT2D eigenvalue weighted by Gasteiger charge is -2.37. The molecule has 29 heavy (non-hydrogen) atoms. The molecule has 2 aromatic carbocycles. The van der Waals surface area contributed by atoms with Gasteiger partial charge < -0.3 is 9.80 Å². The van der Waals surface area contributed by atoms with Gasteiger partial charge in [0.15, 0.2) is 0 Å². The molecule has 152 valence electrons. The molecule has 0 saturated carbocycles. The van der Waals surface area contributed by atoms with Gasteiger partial charge in [0, 0.05) is 55.6 Å². The normalized spacial score (nSPS) is 22.0. The number of piperazine rings is 1. The van der Waals surface area contributed by atoms with Gasteiger partial charge >= 0.3 is 0 Å². The highest BCUT2D eigenvalue weighted by Gasteiger charge is 2.37. The zero-order chi connectivity index (χ0) is 20.4. The summed E-state index contributed by atoms with van der Waals surface area (Å²) >= 11 is 6.09. The van der Waals surface area contributed by atoms with Gasteiger partial charge in [-0.05, 0) is 23.8 Å². The Morgan fingerprint density at radius 3 is 2.48 bits per heavy atom. The summed E-state index contributed by atoms with van der Waals surface area (Å²) < 4.78 is 0. The average molecular weight is 416 g/mol. The van der Waals surface area contributed by atoms with E-state index in [1.54, 1.807) is 12.1 Å². The Morgan fingerprint density at radius 1 is 1.10 bits per heavy atom. The molecule has 4 rings (SSSR count). The third kappa shape index (κ3) is 4.19. The van der Waals surface area contributed by atoms with Gasteiger partial charge in [0.2, 0.25) is 5.91 Å². The van der Waals surface area contributed by atoms with Crippen molar-refractivity contribution >= 4 is 28.9 Å². The lowest BCUT2D eigenvalue weighted by atomic mass is 9.93. The summed E-state index contributed by atoms with van der Waals surface area (Å²) in [4.78, 5) is 27.7. The fraction of sp³-hybridized carbons (Fsp3) is 0.350. The molecule has 2 fully saturated rings. The number of carbonyl (C=O) groups excluding carboxylic acids is 1. The van der Waals surface area contributed by atoms with Crippen LogP contribution in [0.25, 0.3) is 0 Å². The van der Waals surface area contributed by atoms with E-state index >= 15 is 0 Å². The third-order valence-corrected chi connectivity index (χ3v) is 5.76. The summed E-state index contributed by atoms with van der Waals surface area (Å²) in [6.07, 6.45) is 0. The number of non-ortho nitro benzene ring substituents is 1. The van der Waals surface area contributed by atoms with Crippen molar-refractivity contribution in [2.24, 2.45) is 5.92 Å². The van der Waals surface area contributed by atoms with Gasteiger partial charge in [-0.2, -0.15) is 0 Å². The summed E-state index contributed by atoms with van der Waals surface area (Å²) in [6, 6.07) is 13.9. The van der Waals surface area contributed by atoms with E-state index in [-0.39, 0.29) is 23.6 Å². The van der Waals surface area contributed by atoms with E-state index in [9.17, 15) is 14.9 Å². The molecule has 0 bridgehead atoms. The highest BCUT2D eigenvalue weighted by molar-refractivity contribution is 6.30. The Balaban J connectivity index is 1.40. The lowest BCUT2D eigenvalue weighted by Crippen LogP contribution is -2.51. The number of nitro groups is 1. The molecular weight excluding hydrogens is 394 g/mol. The molecule has 2 atom stereocenters. The van der Waals surface area contributed by atoms with Gasteiger partial charge in [-0.1, -0.05) is 29.8 Å². The van der Waals surface area contributed by atoms with Crippen LogP contribution in [0, 0.1) is 16.0 Å². The number of halogens is 1. The predicted octanol–water partition coefficient (Wildman–Crippen LogP) is 2.36. The molecule has 1 amide bonds. The van der Waals surface area contributed by atoms with E-state index < -0.39 is 4.92 Å². The Kier molecular flexibility index (Phi) is 5.66. The van der Waals surface area contributed by atoms with Crippen molar-refractivity contribution in [1.29, 1.82) is 0 Å². The van der Waals surface area contributed by atoms with Gasteiger partial charge in [0.05, 0.1) is 16.9 Å². The largest absolute Gasteiger partial charge is 0.368 e. The van der Waals surface area contributed by atoms with E-state index in [4.69, 9.17) is 11.6 Å². The molecule has 2 heterocycles. The van der Waals surface area contributed by atoms with Crippen molar-refractivity contribution in [2.45, 2.75) is 6.04 Å². The number of amides is 1. The van der Waals surface area contributed by atoms with Crippen LogP contribution in [0.3, 0.4) is 0 Å². The molecule has 2 saturated heterocycles. The van der Waals surface area contributed by atoms with E-state index in [1.807, 2.05) is 29.2 Å². The number of hydrazine groups is 1. The molecular formula is C20H22ClN5O3. The number of nitro benzene ring substituents is 1. The molecule has 0 radical (unpaired) electrons. The van der Waals surface area contributed by atoms with Gasteiger partial charge in [-0.3, -0.25) is 20.3 Å². The minimum Gasteiger partial charge on any atom is -0.368 e. The number of hydrogen-bond donors (Lipinski definition) is 2. The quantitative estimate of drug-likeness (QED) is 0.588. The van der Waals surface area contributed by atoms with Crippen molar-refractivity contribution in [3.05, 3.63) is 69.2 Å². The zero-order valence-corrected chi connectivity index (χ0v) is 16.5. The van der Waals surface area contributed by atoms with Crippen LogP contribution < -0.4 is 15.8 Å². The highest BCUT2D eigenvalue weighted by Crippen LogP contribution is 2.29. The lowest BCUT2D eigenvalue weighted by molar-refractivity contribution is -0.384. The zero-order valence-electron chi connectivity index (χ0n) is 15.8. The van der Waals surface area contributed by atoms with Crippen LogP contribution in [0.1, 0.15) is 11.6 Å². The van der Waals surface area contributed by atoms with Gasteiger partial charge in [0.25, 0.3) is 5.69 Å². The van der Waals surface area contributed by atoms with Gasteiger partial charge in [0.1, 0.15) is 0 Å². The van der Waals surface area contributed by atoms with E-state index in [2.05, 4.69) is 15.8 Å². The minimum atomic E-state index is -0.424. The number of hydrogen-bond acceptors (Lipinski definition) is 6. The summed E-state index contributed by atoms with van der Waals surface area (Å²) in [5.74, 6) is -0.161. The fourth-order valence-corrected chi connectivity index (χ4v) is 4.12. The fourth-order valence-electron chi connectivity index (χ4n) is 3.94. The maximum atomic E-state index is 13.2. The first kappa shape index (κ1) is 19.6. The maximum absolute atomic E-state index is 13.2. The Labute approximate surface area is 173 Å². The number of nitrogens with one attached hydrogen (secondary N) is 2. The molecule has 2 unspecified atom stereocenters. The van der Waals surface area contributed by atoms with Crippen LogP contribution >= 0.6 is 11.6 Å². The Morgan fingerprint density at radius 2 is 1.83 bits per heavy atom. The molecule has 8 nitrogen and oxygen atoms in total. The molecule has 2 aliphatic rings. The number of benzene rings is 2. The van der Waals surface area contributed by atoms with Crippen LogP contribution in [0.4, 0.5) is 11.4 Å². The topological polar surface area (TPSA) is 90.7 Å². The second-order valence-electron chi connectivity index (χ2n) is 7.25. The van der Waals surface area contributed by atoms with Crippen molar-refractivity contribution in [2.75, 3.05) is 37.6 Å². The van der Waals surface area contributed by atoms with Crippen LogP contribution in [0.5, 0.6) is 0 Å². The smallest absolute Gasteiger partial charge is 0.269 e. The Hall–Kier alpha value is -2.68.